The zero-order valence-corrected chi connectivity index (χ0v) is 9.64. The summed E-state index contributed by atoms with van der Waals surface area (Å²) in [5.41, 5.74) is 5.56. The lowest BCUT2D eigenvalue weighted by Crippen LogP contribution is -2.55. The van der Waals surface area contributed by atoms with Gasteiger partial charge in [0.15, 0.2) is 0 Å². The van der Waals surface area contributed by atoms with Crippen molar-refractivity contribution in [3.05, 3.63) is 0 Å². The number of nitrogens with zero attached hydrogens (tertiary/aromatic N) is 2. The van der Waals surface area contributed by atoms with Crippen LogP contribution in [0.15, 0.2) is 0 Å². The minimum atomic E-state index is -0.772. The van der Waals surface area contributed by atoms with Crippen molar-refractivity contribution < 1.29 is 9.90 Å². The standard InChI is InChI=1S/C11H21N3O2/c12-3-5-13-4-1-2-9(6-13)10-7-14(8-10)11(15)16/h9-10H,1-8,12H2,(H,15,16). The molecule has 1 unspecified atom stereocenters. The molecule has 1 atom stereocenters. The van der Waals surface area contributed by atoms with Gasteiger partial charge in [0.05, 0.1) is 0 Å². The Morgan fingerprint density at radius 2 is 2.06 bits per heavy atom. The van der Waals surface area contributed by atoms with Gasteiger partial charge in [-0.2, -0.15) is 0 Å². The monoisotopic (exact) mass is 227 g/mol. The van der Waals surface area contributed by atoms with E-state index in [1.807, 2.05) is 0 Å². The van der Waals surface area contributed by atoms with E-state index in [1.54, 1.807) is 0 Å². The number of piperidine rings is 1. The lowest BCUT2D eigenvalue weighted by molar-refractivity contribution is 0.0276. The van der Waals surface area contributed by atoms with Gasteiger partial charge in [-0.15, -0.1) is 0 Å². The molecule has 1 amide bonds. The molecule has 2 heterocycles. The number of amides is 1. The summed E-state index contributed by atoms with van der Waals surface area (Å²) in [6.45, 7) is 5.43. The van der Waals surface area contributed by atoms with Crippen LogP contribution in [0.1, 0.15) is 12.8 Å². The van der Waals surface area contributed by atoms with Crippen LogP contribution in [0.5, 0.6) is 0 Å². The molecule has 16 heavy (non-hydrogen) atoms. The fourth-order valence-corrected chi connectivity index (χ4v) is 2.83. The van der Waals surface area contributed by atoms with E-state index in [0.29, 0.717) is 11.8 Å². The Balaban J connectivity index is 1.76. The molecule has 0 spiro atoms. The van der Waals surface area contributed by atoms with E-state index in [0.717, 1.165) is 39.3 Å². The van der Waals surface area contributed by atoms with Crippen LogP contribution in [0.3, 0.4) is 0 Å². The number of nitrogens with two attached hydrogens (primary N) is 1. The Bertz CT molecular complexity index is 252. The van der Waals surface area contributed by atoms with E-state index in [4.69, 9.17) is 10.8 Å². The van der Waals surface area contributed by atoms with Gasteiger partial charge in [0.2, 0.25) is 0 Å². The molecule has 2 fully saturated rings. The van der Waals surface area contributed by atoms with E-state index >= 15 is 0 Å². The molecule has 0 radical (unpaired) electrons. The summed E-state index contributed by atoms with van der Waals surface area (Å²) in [5, 5.41) is 8.78. The van der Waals surface area contributed by atoms with Crippen LogP contribution in [-0.2, 0) is 0 Å². The van der Waals surface area contributed by atoms with Gasteiger partial charge < -0.3 is 20.6 Å². The highest BCUT2D eigenvalue weighted by atomic mass is 16.4. The maximum atomic E-state index is 10.7. The molecule has 3 N–H and O–H groups in total. The first-order chi connectivity index (χ1) is 7.70. The SMILES string of the molecule is NCCN1CCCC(C2CN(C(=O)O)C2)C1. The van der Waals surface area contributed by atoms with Gasteiger partial charge in [0, 0.05) is 32.7 Å². The molecule has 0 bridgehead atoms. The quantitative estimate of drug-likeness (QED) is 0.726. The highest BCUT2D eigenvalue weighted by Crippen LogP contribution is 2.30. The largest absolute Gasteiger partial charge is 0.465 e. The van der Waals surface area contributed by atoms with Crippen molar-refractivity contribution in [2.24, 2.45) is 17.6 Å². The summed E-state index contributed by atoms with van der Waals surface area (Å²) < 4.78 is 0. The number of carboxylic acid groups (broad SMARTS) is 1. The van der Waals surface area contributed by atoms with Crippen LogP contribution in [-0.4, -0.2) is 60.3 Å². The Kier molecular flexibility index (Phi) is 3.66. The molecule has 0 aromatic carbocycles. The Morgan fingerprint density at radius 1 is 1.31 bits per heavy atom. The van der Waals surface area contributed by atoms with Crippen LogP contribution >= 0.6 is 0 Å². The van der Waals surface area contributed by atoms with Gasteiger partial charge in [0.1, 0.15) is 0 Å². The molecule has 5 heteroatoms. The molecular formula is C11H21N3O2. The number of rotatable bonds is 3. The third kappa shape index (κ3) is 2.47. The van der Waals surface area contributed by atoms with Crippen molar-refractivity contribution >= 4 is 6.09 Å². The maximum Gasteiger partial charge on any atom is 0.407 e. The van der Waals surface area contributed by atoms with E-state index in [1.165, 1.54) is 17.7 Å². The molecular weight excluding hydrogens is 206 g/mol. The lowest BCUT2D eigenvalue weighted by atomic mass is 9.81. The third-order valence-electron chi connectivity index (χ3n) is 3.83. The zero-order chi connectivity index (χ0) is 11.5. The predicted molar refractivity (Wildman–Crippen MR) is 61.3 cm³/mol. The summed E-state index contributed by atoms with van der Waals surface area (Å²) in [5.74, 6) is 1.26. The molecule has 0 aromatic rings. The Labute approximate surface area is 96.2 Å². The van der Waals surface area contributed by atoms with Crippen molar-refractivity contribution in [2.75, 3.05) is 39.3 Å². The topological polar surface area (TPSA) is 69.8 Å². The molecule has 0 aromatic heterocycles. The first kappa shape index (κ1) is 11.7. The summed E-state index contributed by atoms with van der Waals surface area (Å²) in [4.78, 5) is 14.6. The minimum Gasteiger partial charge on any atom is -0.465 e. The second-order valence-electron chi connectivity index (χ2n) is 4.94. The Hall–Kier alpha value is -0.810. The Morgan fingerprint density at radius 3 is 2.69 bits per heavy atom. The van der Waals surface area contributed by atoms with Crippen molar-refractivity contribution in [2.45, 2.75) is 12.8 Å². The fourth-order valence-electron chi connectivity index (χ4n) is 2.83. The van der Waals surface area contributed by atoms with E-state index in [-0.39, 0.29) is 0 Å². The smallest absolute Gasteiger partial charge is 0.407 e. The zero-order valence-electron chi connectivity index (χ0n) is 9.64. The number of hydrogen-bond acceptors (Lipinski definition) is 3. The molecule has 0 saturated carbocycles. The highest BCUT2D eigenvalue weighted by Gasteiger charge is 2.37. The number of likely N-dealkylation sites (tertiary alicyclic amines) is 2. The highest BCUT2D eigenvalue weighted by molar-refractivity contribution is 5.66. The number of carbonyl (C=O) groups is 1. The third-order valence-corrected chi connectivity index (χ3v) is 3.83. The van der Waals surface area contributed by atoms with E-state index in [2.05, 4.69) is 4.90 Å². The number of hydrogen-bond donors (Lipinski definition) is 2. The van der Waals surface area contributed by atoms with Gasteiger partial charge in [-0.1, -0.05) is 0 Å². The fraction of sp³-hybridized carbons (Fsp3) is 0.909. The van der Waals surface area contributed by atoms with Gasteiger partial charge in [0.25, 0.3) is 0 Å². The maximum absolute atomic E-state index is 10.7. The average molecular weight is 227 g/mol. The molecule has 2 rings (SSSR count). The second kappa shape index (κ2) is 5.01. The summed E-state index contributed by atoms with van der Waals surface area (Å²) in [6, 6.07) is 0. The minimum absolute atomic E-state index is 0.580. The molecule has 2 saturated heterocycles. The second-order valence-corrected chi connectivity index (χ2v) is 4.94. The summed E-state index contributed by atoms with van der Waals surface area (Å²) in [6.07, 6.45) is 1.71. The predicted octanol–water partition coefficient (Wildman–Crippen LogP) is 0.267. The van der Waals surface area contributed by atoms with Crippen molar-refractivity contribution in [1.29, 1.82) is 0 Å². The van der Waals surface area contributed by atoms with Crippen molar-refractivity contribution in [3.8, 4) is 0 Å². The summed E-state index contributed by atoms with van der Waals surface area (Å²) in [7, 11) is 0. The van der Waals surface area contributed by atoms with Gasteiger partial charge in [-0.25, -0.2) is 4.79 Å². The van der Waals surface area contributed by atoms with Crippen molar-refractivity contribution in [1.82, 2.24) is 9.80 Å². The van der Waals surface area contributed by atoms with Crippen LogP contribution in [0.2, 0.25) is 0 Å². The van der Waals surface area contributed by atoms with E-state index in [9.17, 15) is 4.79 Å². The molecule has 0 aliphatic carbocycles. The van der Waals surface area contributed by atoms with Crippen LogP contribution < -0.4 is 5.73 Å². The summed E-state index contributed by atoms with van der Waals surface area (Å²) >= 11 is 0. The average Bonchev–Trinajstić information content (AvgIpc) is 2.15. The van der Waals surface area contributed by atoms with Gasteiger partial charge in [-0.05, 0) is 31.2 Å². The molecule has 5 nitrogen and oxygen atoms in total. The van der Waals surface area contributed by atoms with E-state index < -0.39 is 6.09 Å². The molecule has 2 aliphatic heterocycles. The van der Waals surface area contributed by atoms with Crippen molar-refractivity contribution in [3.63, 3.8) is 0 Å². The molecule has 92 valence electrons. The van der Waals surface area contributed by atoms with Gasteiger partial charge >= 0.3 is 6.09 Å². The van der Waals surface area contributed by atoms with Gasteiger partial charge in [-0.3, -0.25) is 0 Å². The lowest BCUT2D eigenvalue weighted by Gasteiger charge is -2.45. The normalized spacial score (nSPS) is 27.8. The first-order valence-electron chi connectivity index (χ1n) is 6.11. The van der Waals surface area contributed by atoms with Crippen LogP contribution in [0, 0.1) is 11.8 Å². The van der Waals surface area contributed by atoms with Crippen LogP contribution in [0.4, 0.5) is 4.79 Å². The molecule has 2 aliphatic rings. The first-order valence-corrected chi connectivity index (χ1v) is 6.11. The van der Waals surface area contributed by atoms with Crippen LogP contribution in [0.25, 0.3) is 0 Å².